The van der Waals surface area contributed by atoms with E-state index in [0.717, 1.165) is 41.8 Å². The first kappa shape index (κ1) is 14.3. The van der Waals surface area contributed by atoms with Crippen LogP contribution in [0.2, 0.25) is 0 Å². The van der Waals surface area contributed by atoms with Gasteiger partial charge < -0.3 is 15.2 Å². The van der Waals surface area contributed by atoms with Gasteiger partial charge in [-0.15, -0.1) is 0 Å². The fourth-order valence-electron chi connectivity index (χ4n) is 3.77. The zero-order valence-electron chi connectivity index (χ0n) is 13.4. The molecule has 2 aliphatic rings. The lowest BCUT2D eigenvalue weighted by Gasteiger charge is -2.35. The maximum absolute atomic E-state index is 10.2. The van der Waals surface area contributed by atoms with Crippen molar-refractivity contribution < 1.29 is 9.84 Å². The zero-order chi connectivity index (χ0) is 16.0. The summed E-state index contributed by atoms with van der Waals surface area (Å²) in [5.41, 5.74) is 7.08. The number of hydrogen-bond donors (Lipinski definition) is 2. The number of ether oxygens (including phenoxy) is 1. The van der Waals surface area contributed by atoms with E-state index in [0.29, 0.717) is 18.4 Å². The minimum Gasteiger partial charge on any atom is -0.508 e. The maximum atomic E-state index is 10.2. The number of nitrogens with one attached hydrogen (secondary N) is 1. The van der Waals surface area contributed by atoms with Crippen molar-refractivity contribution in [2.24, 2.45) is 0 Å². The van der Waals surface area contributed by atoms with Gasteiger partial charge in [-0.3, -0.25) is 0 Å². The molecule has 4 rings (SSSR count). The smallest absolute Gasteiger partial charge is 0.127 e. The average Bonchev–Trinajstić information content (AvgIpc) is 2.52. The predicted molar refractivity (Wildman–Crippen MR) is 92.0 cm³/mol. The van der Waals surface area contributed by atoms with Crippen molar-refractivity contribution in [1.29, 1.82) is 0 Å². The molecule has 2 aromatic rings. The molecule has 1 heterocycles. The second-order valence-electron chi connectivity index (χ2n) is 6.56. The molecule has 0 amide bonds. The Balaban J connectivity index is 1.90. The van der Waals surface area contributed by atoms with E-state index >= 15 is 0 Å². The van der Waals surface area contributed by atoms with E-state index in [1.807, 2.05) is 31.2 Å². The molecular formula is C20H21NO2. The van der Waals surface area contributed by atoms with E-state index in [1.54, 1.807) is 0 Å². The van der Waals surface area contributed by atoms with Crippen molar-refractivity contribution in [2.45, 2.75) is 25.8 Å². The number of phenolic OH excluding ortho intramolecular Hbond substituents is 1. The molecule has 0 saturated carbocycles. The third kappa shape index (κ3) is 2.41. The van der Waals surface area contributed by atoms with Crippen LogP contribution in [0.15, 0.2) is 42.5 Å². The van der Waals surface area contributed by atoms with Gasteiger partial charge >= 0.3 is 0 Å². The van der Waals surface area contributed by atoms with Gasteiger partial charge in [0.05, 0.1) is 0 Å². The molecule has 118 valence electrons. The molecule has 1 atom stereocenters. The van der Waals surface area contributed by atoms with Crippen LogP contribution >= 0.6 is 0 Å². The molecule has 0 bridgehead atoms. The molecule has 0 radical (unpaired) electrons. The Bertz CT molecular complexity index is 794. The molecule has 0 spiro atoms. The van der Waals surface area contributed by atoms with Crippen LogP contribution in [0.3, 0.4) is 0 Å². The Hall–Kier alpha value is -2.26. The summed E-state index contributed by atoms with van der Waals surface area (Å²) >= 11 is 0. The molecule has 0 aromatic heterocycles. The Morgan fingerprint density at radius 2 is 2.22 bits per heavy atom. The Morgan fingerprint density at radius 3 is 3.04 bits per heavy atom. The van der Waals surface area contributed by atoms with E-state index in [1.165, 1.54) is 16.7 Å². The van der Waals surface area contributed by atoms with Crippen molar-refractivity contribution in [3.05, 3.63) is 59.2 Å². The maximum Gasteiger partial charge on any atom is 0.127 e. The highest BCUT2D eigenvalue weighted by Gasteiger charge is 2.31. The lowest BCUT2D eigenvalue weighted by atomic mass is 9.77. The van der Waals surface area contributed by atoms with Gasteiger partial charge in [-0.1, -0.05) is 18.7 Å². The van der Waals surface area contributed by atoms with Crippen LogP contribution < -0.4 is 10.1 Å². The molecule has 1 aliphatic heterocycles. The molecule has 0 fully saturated rings. The highest BCUT2D eigenvalue weighted by Crippen LogP contribution is 2.47. The number of fused-ring (bicyclic) bond motifs is 2. The summed E-state index contributed by atoms with van der Waals surface area (Å²) in [5.74, 6) is 1.21. The predicted octanol–water partition coefficient (Wildman–Crippen LogP) is 3.76. The second kappa shape index (κ2) is 5.43. The van der Waals surface area contributed by atoms with Gasteiger partial charge in [0.1, 0.15) is 18.1 Å². The van der Waals surface area contributed by atoms with Crippen molar-refractivity contribution in [3.63, 3.8) is 0 Å². The van der Waals surface area contributed by atoms with Gasteiger partial charge in [0.15, 0.2) is 0 Å². The SMILES string of the molecule is C=C(C)COc1cccc2c1-c1cc(O)cc3c1C(C2)NCC3. The van der Waals surface area contributed by atoms with Crippen LogP contribution in [0.1, 0.15) is 29.7 Å². The normalized spacial score (nSPS) is 18.0. The van der Waals surface area contributed by atoms with E-state index < -0.39 is 0 Å². The quantitative estimate of drug-likeness (QED) is 0.848. The highest BCUT2D eigenvalue weighted by molar-refractivity contribution is 5.81. The van der Waals surface area contributed by atoms with Crippen molar-refractivity contribution >= 4 is 0 Å². The van der Waals surface area contributed by atoms with Gasteiger partial charge in [0.2, 0.25) is 0 Å². The fraction of sp³-hybridized carbons (Fsp3) is 0.300. The van der Waals surface area contributed by atoms with E-state index in [4.69, 9.17) is 4.74 Å². The van der Waals surface area contributed by atoms with Gasteiger partial charge in [-0.25, -0.2) is 0 Å². The third-order valence-corrected chi connectivity index (χ3v) is 4.66. The van der Waals surface area contributed by atoms with Crippen molar-refractivity contribution in [2.75, 3.05) is 13.2 Å². The van der Waals surface area contributed by atoms with Gasteiger partial charge in [-0.2, -0.15) is 0 Å². The van der Waals surface area contributed by atoms with Crippen LogP contribution in [-0.4, -0.2) is 18.3 Å². The molecule has 1 aliphatic carbocycles. The highest BCUT2D eigenvalue weighted by atomic mass is 16.5. The molecule has 0 saturated heterocycles. The van der Waals surface area contributed by atoms with Crippen molar-refractivity contribution in [1.82, 2.24) is 5.32 Å². The number of benzene rings is 2. The van der Waals surface area contributed by atoms with Crippen LogP contribution in [0.5, 0.6) is 11.5 Å². The average molecular weight is 307 g/mol. The molecule has 23 heavy (non-hydrogen) atoms. The second-order valence-corrected chi connectivity index (χ2v) is 6.56. The molecule has 1 unspecified atom stereocenters. The monoisotopic (exact) mass is 307 g/mol. The van der Waals surface area contributed by atoms with Crippen LogP contribution in [0.4, 0.5) is 0 Å². The lowest BCUT2D eigenvalue weighted by molar-refractivity contribution is 0.353. The summed E-state index contributed by atoms with van der Waals surface area (Å²) in [5, 5.41) is 13.8. The Morgan fingerprint density at radius 1 is 1.35 bits per heavy atom. The molecule has 2 aromatic carbocycles. The number of rotatable bonds is 3. The summed E-state index contributed by atoms with van der Waals surface area (Å²) in [7, 11) is 0. The summed E-state index contributed by atoms with van der Waals surface area (Å²) in [6, 6.07) is 10.3. The topological polar surface area (TPSA) is 41.5 Å². The van der Waals surface area contributed by atoms with E-state index in [9.17, 15) is 5.11 Å². The summed E-state index contributed by atoms with van der Waals surface area (Å²) < 4.78 is 5.99. The first-order chi connectivity index (χ1) is 11.1. The largest absolute Gasteiger partial charge is 0.508 e. The van der Waals surface area contributed by atoms with Crippen LogP contribution in [-0.2, 0) is 12.8 Å². The number of phenols is 1. The van der Waals surface area contributed by atoms with E-state index in [2.05, 4.69) is 18.0 Å². The van der Waals surface area contributed by atoms with Gasteiger partial charge in [0.25, 0.3) is 0 Å². The molecule has 3 heteroatoms. The lowest BCUT2D eigenvalue weighted by Crippen LogP contribution is -2.33. The minimum atomic E-state index is 0.332. The number of hydrogen-bond acceptors (Lipinski definition) is 3. The first-order valence-corrected chi connectivity index (χ1v) is 8.12. The first-order valence-electron chi connectivity index (χ1n) is 8.12. The van der Waals surface area contributed by atoms with Gasteiger partial charge in [-0.05, 0) is 72.3 Å². The van der Waals surface area contributed by atoms with Crippen LogP contribution in [0.25, 0.3) is 11.1 Å². The summed E-state index contributed by atoms with van der Waals surface area (Å²) in [6.07, 6.45) is 1.92. The molecule has 2 N–H and O–H groups in total. The molecular weight excluding hydrogens is 286 g/mol. The summed E-state index contributed by atoms with van der Waals surface area (Å²) in [6.45, 7) is 7.35. The van der Waals surface area contributed by atoms with E-state index in [-0.39, 0.29) is 0 Å². The van der Waals surface area contributed by atoms with Gasteiger partial charge in [0, 0.05) is 11.6 Å². The Kier molecular flexibility index (Phi) is 3.38. The van der Waals surface area contributed by atoms with Crippen LogP contribution in [0, 0.1) is 0 Å². The minimum absolute atomic E-state index is 0.332. The third-order valence-electron chi connectivity index (χ3n) is 4.66. The zero-order valence-corrected chi connectivity index (χ0v) is 13.4. The van der Waals surface area contributed by atoms with Crippen molar-refractivity contribution in [3.8, 4) is 22.6 Å². The molecule has 3 nitrogen and oxygen atoms in total. The fourth-order valence-corrected chi connectivity index (χ4v) is 3.77. The summed E-state index contributed by atoms with van der Waals surface area (Å²) in [4.78, 5) is 0. The number of aromatic hydroxyl groups is 1. The standard InChI is InChI=1S/C20H21NO2/c1-12(2)11-23-18-5-3-4-13-9-17-19-14(6-7-21-17)8-15(22)10-16(19)20(13)18/h3-5,8,10,17,21-22H,1,6-7,9,11H2,2H3. The Labute approximate surface area is 136 Å².